The van der Waals surface area contributed by atoms with Gasteiger partial charge in [-0.15, -0.1) is 5.10 Å². The Bertz CT molecular complexity index is 330. The third-order valence-electron chi connectivity index (χ3n) is 2.06. The van der Waals surface area contributed by atoms with Gasteiger partial charge in [0, 0.05) is 13.1 Å². The number of morpholine rings is 1. The van der Waals surface area contributed by atoms with Gasteiger partial charge in [0.2, 0.25) is 0 Å². The first kappa shape index (κ1) is 9.14. The molecule has 6 heteroatoms. The molecular weight excluding hydrogens is 184 g/mol. The van der Waals surface area contributed by atoms with Gasteiger partial charge < -0.3 is 9.64 Å². The highest BCUT2D eigenvalue weighted by Crippen LogP contribution is 2.03. The fourth-order valence-electron chi connectivity index (χ4n) is 1.32. The average Bonchev–Trinajstić information content (AvgIpc) is 2.65. The summed E-state index contributed by atoms with van der Waals surface area (Å²) in [5, 5.41) is 7.32. The summed E-state index contributed by atoms with van der Waals surface area (Å²) < 4.78 is 6.41. The second-order valence-electron chi connectivity index (χ2n) is 3.05. The van der Waals surface area contributed by atoms with Crippen molar-refractivity contribution in [2.45, 2.75) is 0 Å². The van der Waals surface area contributed by atoms with Crippen LogP contribution in [-0.2, 0) is 4.74 Å². The summed E-state index contributed by atoms with van der Waals surface area (Å²) >= 11 is 0. The van der Waals surface area contributed by atoms with Crippen LogP contribution in [0.5, 0.6) is 0 Å². The van der Waals surface area contributed by atoms with Crippen molar-refractivity contribution in [3.05, 3.63) is 18.9 Å². The molecular formula is C8H11N4O2. The standard InChI is InChI=1S/C8H11N4O2/c1-11-6-7(9-10-11)8(13)12-2-4-14-5-3-12/h6H,1-5H2. The average molecular weight is 195 g/mol. The van der Waals surface area contributed by atoms with E-state index in [1.807, 2.05) is 0 Å². The number of amides is 1. The lowest BCUT2D eigenvalue weighted by Gasteiger charge is -2.25. The van der Waals surface area contributed by atoms with Crippen molar-refractivity contribution in [1.29, 1.82) is 0 Å². The number of hydrogen-bond acceptors (Lipinski definition) is 4. The van der Waals surface area contributed by atoms with Crippen LogP contribution in [0.25, 0.3) is 0 Å². The normalized spacial score (nSPS) is 17.1. The molecule has 0 aromatic carbocycles. The minimum absolute atomic E-state index is 0.108. The first-order valence-electron chi connectivity index (χ1n) is 4.37. The topological polar surface area (TPSA) is 60.2 Å². The van der Waals surface area contributed by atoms with Crippen molar-refractivity contribution in [3.63, 3.8) is 0 Å². The van der Waals surface area contributed by atoms with Crippen LogP contribution >= 0.6 is 0 Å². The zero-order valence-electron chi connectivity index (χ0n) is 7.72. The van der Waals surface area contributed by atoms with Gasteiger partial charge in [-0.3, -0.25) is 4.79 Å². The van der Waals surface area contributed by atoms with E-state index in [0.29, 0.717) is 32.0 Å². The molecule has 1 saturated heterocycles. The summed E-state index contributed by atoms with van der Waals surface area (Å²) in [5.74, 6) is -0.108. The van der Waals surface area contributed by atoms with E-state index >= 15 is 0 Å². The first-order valence-corrected chi connectivity index (χ1v) is 4.37. The lowest BCUT2D eigenvalue weighted by molar-refractivity contribution is 0.0299. The molecule has 6 nitrogen and oxygen atoms in total. The van der Waals surface area contributed by atoms with Crippen molar-refractivity contribution in [2.24, 2.45) is 0 Å². The molecule has 0 bridgehead atoms. The zero-order chi connectivity index (χ0) is 9.97. The molecule has 2 rings (SSSR count). The van der Waals surface area contributed by atoms with Gasteiger partial charge in [0.1, 0.15) is 0 Å². The molecule has 0 atom stereocenters. The Morgan fingerprint density at radius 3 is 2.79 bits per heavy atom. The fourth-order valence-corrected chi connectivity index (χ4v) is 1.32. The van der Waals surface area contributed by atoms with Crippen molar-refractivity contribution in [2.75, 3.05) is 26.3 Å². The molecule has 0 saturated carbocycles. The molecule has 0 spiro atoms. The third kappa shape index (κ3) is 1.74. The summed E-state index contributed by atoms with van der Waals surface area (Å²) in [7, 11) is 3.52. The van der Waals surface area contributed by atoms with Gasteiger partial charge in [0.05, 0.1) is 26.5 Å². The SMILES string of the molecule is [CH2]n1cc(C(=O)N2CCOCC2)nn1. The smallest absolute Gasteiger partial charge is 0.276 e. The predicted molar refractivity (Wildman–Crippen MR) is 47.5 cm³/mol. The van der Waals surface area contributed by atoms with Crippen molar-refractivity contribution in [3.8, 4) is 0 Å². The molecule has 1 aliphatic rings. The summed E-state index contributed by atoms with van der Waals surface area (Å²) in [6, 6.07) is 0. The number of aromatic nitrogens is 3. The van der Waals surface area contributed by atoms with Crippen LogP contribution in [0.2, 0.25) is 0 Å². The molecule has 1 radical (unpaired) electrons. The number of rotatable bonds is 1. The van der Waals surface area contributed by atoms with Crippen LogP contribution in [-0.4, -0.2) is 52.1 Å². The summed E-state index contributed by atoms with van der Waals surface area (Å²) in [4.78, 5) is 13.4. The summed E-state index contributed by atoms with van der Waals surface area (Å²) in [6.07, 6.45) is 1.51. The second kappa shape index (κ2) is 3.75. The fraction of sp³-hybridized carbons (Fsp3) is 0.500. The van der Waals surface area contributed by atoms with Gasteiger partial charge in [-0.2, -0.15) is 0 Å². The van der Waals surface area contributed by atoms with Crippen LogP contribution in [0, 0.1) is 7.05 Å². The Labute approximate surface area is 81.4 Å². The van der Waals surface area contributed by atoms with Gasteiger partial charge >= 0.3 is 0 Å². The summed E-state index contributed by atoms with van der Waals surface area (Å²) in [5.41, 5.74) is 0.335. The van der Waals surface area contributed by atoms with Gasteiger partial charge in [0.15, 0.2) is 5.69 Å². The molecule has 14 heavy (non-hydrogen) atoms. The highest BCUT2D eigenvalue weighted by Gasteiger charge is 2.20. The summed E-state index contributed by atoms with van der Waals surface area (Å²) in [6.45, 7) is 2.40. The quantitative estimate of drug-likeness (QED) is 0.599. The molecule has 0 unspecified atom stereocenters. The number of carbonyl (C=O) groups excluding carboxylic acids is 1. The molecule has 1 fully saturated rings. The van der Waals surface area contributed by atoms with Crippen molar-refractivity contribution < 1.29 is 9.53 Å². The largest absolute Gasteiger partial charge is 0.378 e. The van der Waals surface area contributed by atoms with E-state index in [9.17, 15) is 4.79 Å². The third-order valence-corrected chi connectivity index (χ3v) is 2.06. The Balaban J connectivity index is 2.07. The maximum absolute atomic E-state index is 11.7. The highest BCUT2D eigenvalue weighted by molar-refractivity contribution is 5.91. The Hall–Kier alpha value is -1.43. The van der Waals surface area contributed by atoms with E-state index in [4.69, 9.17) is 4.74 Å². The van der Waals surface area contributed by atoms with Crippen molar-refractivity contribution >= 4 is 5.91 Å². The monoisotopic (exact) mass is 195 g/mol. The van der Waals surface area contributed by atoms with Gasteiger partial charge in [-0.25, -0.2) is 4.68 Å². The maximum Gasteiger partial charge on any atom is 0.276 e. The molecule has 0 N–H and O–H groups in total. The lowest BCUT2D eigenvalue weighted by atomic mass is 10.3. The van der Waals surface area contributed by atoms with E-state index in [-0.39, 0.29) is 5.91 Å². The van der Waals surface area contributed by atoms with E-state index in [0.717, 1.165) is 0 Å². The molecule has 75 valence electrons. The molecule has 0 aliphatic carbocycles. The van der Waals surface area contributed by atoms with Crippen molar-refractivity contribution in [1.82, 2.24) is 19.9 Å². The minimum atomic E-state index is -0.108. The van der Waals surface area contributed by atoms with Crippen LogP contribution in [0.3, 0.4) is 0 Å². The van der Waals surface area contributed by atoms with Crippen LogP contribution in [0.1, 0.15) is 10.5 Å². The molecule has 1 aliphatic heterocycles. The predicted octanol–water partition coefficient (Wildman–Crippen LogP) is -0.610. The maximum atomic E-state index is 11.7. The first-order chi connectivity index (χ1) is 6.77. The van der Waals surface area contributed by atoms with Gasteiger partial charge in [-0.1, -0.05) is 5.21 Å². The van der Waals surface area contributed by atoms with Crippen LogP contribution in [0.4, 0.5) is 0 Å². The molecule has 1 amide bonds. The zero-order valence-corrected chi connectivity index (χ0v) is 7.72. The Morgan fingerprint density at radius 1 is 1.50 bits per heavy atom. The number of ether oxygens (including phenoxy) is 1. The second-order valence-corrected chi connectivity index (χ2v) is 3.05. The number of carbonyl (C=O) groups is 1. The van der Waals surface area contributed by atoms with E-state index in [1.165, 1.54) is 10.9 Å². The highest BCUT2D eigenvalue weighted by atomic mass is 16.5. The minimum Gasteiger partial charge on any atom is -0.378 e. The Kier molecular flexibility index (Phi) is 2.45. The molecule has 1 aromatic rings. The Morgan fingerprint density at radius 2 is 2.21 bits per heavy atom. The number of hydrogen-bond donors (Lipinski definition) is 0. The van der Waals surface area contributed by atoms with E-state index in [2.05, 4.69) is 17.4 Å². The van der Waals surface area contributed by atoms with Gasteiger partial charge in [0.25, 0.3) is 5.91 Å². The van der Waals surface area contributed by atoms with E-state index < -0.39 is 0 Å². The van der Waals surface area contributed by atoms with E-state index in [1.54, 1.807) is 4.90 Å². The molecule has 1 aromatic heterocycles. The van der Waals surface area contributed by atoms with Crippen LogP contribution < -0.4 is 0 Å². The number of nitrogens with zero attached hydrogens (tertiary/aromatic N) is 4. The van der Waals surface area contributed by atoms with Crippen LogP contribution in [0.15, 0.2) is 6.20 Å². The van der Waals surface area contributed by atoms with Gasteiger partial charge in [-0.05, 0) is 0 Å². The molecule has 2 heterocycles. The lowest BCUT2D eigenvalue weighted by Crippen LogP contribution is -2.40.